The van der Waals surface area contributed by atoms with Crippen LogP contribution in [0.1, 0.15) is 18.5 Å². The first kappa shape index (κ1) is 10.5. The quantitative estimate of drug-likeness (QED) is 0.690. The number of rotatable bonds is 2. The molecule has 0 aliphatic heterocycles. The first-order valence-corrected chi connectivity index (χ1v) is 4.81. The number of benzene rings is 1. The van der Waals surface area contributed by atoms with Crippen LogP contribution in [-0.4, -0.2) is 11.2 Å². The fourth-order valence-electron chi connectivity index (χ4n) is 1.15. The molecule has 1 aromatic carbocycles. The van der Waals surface area contributed by atoms with Gasteiger partial charge in [-0.15, -0.1) is 0 Å². The van der Waals surface area contributed by atoms with Crippen LogP contribution in [0.5, 0.6) is 0 Å². The summed E-state index contributed by atoms with van der Waals surface area (Å²) in [6, 6.07) is 5.00. The zero-order valence-electron chi connectivity index (χ0n) is 7.37. The van der Waals surface area contributed by atoms with Crippen molar-refractivity contribution >= 4 is 21.6 Å². The second-order valence-corrected chi connectivity index (χ2v) is 3.86. The number of nitrogens with two attached hydrogens (primary N) is 2. The van der Waals surface area contributed by atoms with E-state index in [9.17, 15) is 5.11 Å². The van der Waals surface area contributed by atoms with Crippen LogP contribution in [0.25, 0.3) is 0 Å². The first-order valence-electron chi connectivity index (χ1n) is 4.01. The number of anilines is 1. The molecule has 0 fully saturated rings. The molecule has 0 bridgehead atoms. The zero-order valence-corrected chi connectivity index (χ0v) is 8.95. The third-order valence-electron chi connectivity index (χ3n) is 1.94. The van der Waals surface area contributed by atoms with Gasteiger partial charge in [0.2, 0.25) is 0 Å². The lowest BCUT2D eigenvalue weighted by molar-refractivity contribution is 0.164. The van der Waals surface area contributed by atoms with Gasteiger partial charge in [-0.2, -0.15) is 0 Å². The number of hydrogen-bond acceptors (Lipinski definition) is 3. The third kappa shape index (κ3) is 2.21. The van der Waals surface area contributed by atoms with Gasteiger partial charge in [0, 0.05) is 15.7 Å². The monoisotopic (exact) mass is 244 g/mol. The van der Waals surface area contributed by atoms with E-state index >= 15 is 0 Å². The van der Waals surface area contributed by atoms with Gasteiger partial charge in [0.05, 0.1) is 12.1 Å². The van der Waals surface area contributed by atoms with Gasteiger partial charge in [-0.25, -0.2) is 0 Å². The topological polar surface area (TPSA) is 72.3 Å². The molecule has 4 heteroatoms. The number of halogens is 1. The summed E-state index contributed by atoms with van der Waals surface area (Å²) < 4.78 is 0.834. The Bertz CT molecular complexity index is 281. The Balaban J connectivity index is 3.12. The molecule has 5 N–H and O–H groups in total. The van der Waals surface area contributed by atoms with Crippen molar-refractivity contribution in [3.05, 3.63) is 28.2 Å². The van der Waals surface area contributed by atoms with E-state index in [0.717, 1.165) is 10.0 Å². The molecule has 2 atom stereocenters. The van der Waals surface area contributed by atoms with Crippen LogP contribution in [0.3, 0.4) is 0 Å². The van der Waals surface area contributed by atoms with Crippen molar-refractivity contribution in [1.29, 1.82) is 0 Å². The van der Waals surface area contributed by atoms with Gasteiger partial charge in [-0.1, -0.05) is 22.0 Å². The maximum atomic E-state index is 9.32. The molecule has 0 radical (unpaired) electrons. The van der Waals surface area contributed by atoms with Crippen LogP contribution in [0.2, 0.25) is 0 Å². The maximum Gasteiger partial charge on any atom is 0.0705 e. The van der Waals surface area contributed by atoms with Gasteiger partial charge >= 0.3 is 0 Å². The van der Waals surface area contributed by atoms with E-state index in [-0.39, 0.29) is 0 Å². The summed E-state index contributed by atoms with van der Waals surface area (Å²) in [5, 5.41) is 9.32. The molecule has 0 saturated carbocycles. The highest BCUT2D eigenvalue weighted by atomic mass is 79.9. The lowest BCUT2D eigenvalue weighted by atomic mass is 10.0. The molecule has 0 aromatic heterocycles. The first-order chi connectivity index (χ1) is 6.04. The molecule has 0 amide bonds. The fraction of sp³-hybridized carbons (Fsp3) is 0.333. The molecule has 3 nitrogen and oxygen atoms in total. The standard InChI is InChI=1S/C9H13BrN2O/c1-5(13)9(12)8-6(10)3-2-4-7(8)11/h2-5,9,13H,11-12H2,1H3/t5?,9-/m1/s1. The van der Waals surface area contributed by atoms with Crippen molar-refractivity contribution < 1.29 is 5.11 Å². The number of aliphatic hydroxyl groups is 1. The molecular formula is C9H13BrN2O. The molecule has 0 aliphatic rings. The van der Waals surface area contributed by atoms with E-state index in [2.05, 4.69) is 15.9 Å². The van der Waals surface area contributed by atoms with Crippen molar-refractivity contribution in [3.8, 4) is 0 Å². The summed E-state index contributed by atoms with van der Waals surface area (Å²) >= 11 is 3.34. The van der Waals surface area contributed by atoms with E-state index < -0.39 is 12.1 Å². The fourth-order valence-corrected chi connectivity index (χ4v) is 1.79. The van der Waals surface area contributed by atoms with E-state index in [1.54, 1.807) is 13.0 Å². The second kappa shape index (κ2) is 4.09. The minimum absolute atomic E-state index is 0.449. The van der Waals surface area contributed by atoms with Gasteiger partial charge in [0.25, 0.3) is 0 Å². The predicted molar refractivity (Wildman–Crippen MR) is 57.2 cm³/mol. The van der Waals surface area contributed by atoms with Gasteiger partial charge in [0.15, 0.2) is 0 Å². The zero-order chi connectivity index (χ0) is 10.0. The van der Waals surface area contributed by atoms with Crippen LogP contribution in [0, 0.1) is 0 Å². The van der Waals surface area contributed by atoms with E-state index in [1.165, 1.54) is 0 Å². The van der Waals surface area contributed by atoms with Crippen LogP contribution in [0.15, 0.2) is 22.7 Å². The van der Waals surface area contributed by atoms with Crippen molar-refractivity contribution in [3.63, 3.8) is 0 Å². The van der Waals surface area contributed by atoms with Crippen molar-refractivity contribution in [2.24, 2.45) is 5.73 Å². The molecule has 1 rings (SSSR count). The highest BCUT2D eigenvalue weighted by molar-refractivity contribution is 9.10. The van der Waals surface area contributed by atoms with Crippen molar-refractivity contribution in [2.45, 2.75) is 19.1 Å². The smallest absolute Gasteiger partial charge is 0.0705 e. The summed E-state index contributed by atoms with van der Waals surface area (Å²) in [5.74, 6) is 0. The Labute approximate surface area is 85.9 Å². The van der Waals surface area contributed by atoms with Gasteiger partial charge in [-0.3, -0.25) is 0 Å². The second-order valence-electron chi connectivity index (χ2n) is 3.01. The summed E-state index contributed by atoms with van der Waals surface area (Å²) in [7, 11) is 0. The minimum atomic E-state index is -0.610. The predicted octanol–water partition coefficient (Wildman–Crippen LogP) is 1.41. The summed E-state index contributed by atoms with van der Waals surface area (Å²) in [6.45, 7) is 1.64. The Morgan fingerprint density at radius 1 is 1.46 bits per heavy atom. The van der Waals surface area contributed by atoms with Crippen molar-refractivity contribution in [1.82, 2.24) is 0 Å². The normalized spacial score (nSPS) is 15.4. The Kier molecular flexibility index (Phi) is 3.30. The molecule has 0 spiro atoms. The highest BCUT2D eigenvalue weighted by Crippen LogP contribution is 2.29. The van der Waals surface area contributed by atoms with Gasteiger partial charge < -0.3 is 16.6 Å². The van der Waals surface area contributed by atoms with Gasteiger partial charge in [-0.05, 0) is 19.1 Å². The number of nitrogen functional groups attached to an aromatic ring is 1. The lowest BCUT2D eigenvalue weighted by Crippen LogP contribution is -2.24. The van der Waals surface area contributed by atoms with Crippen molar-refractivity contribution in [2.75, 3.05) is 5.73 Å². The average Bonchev–Trinajstić information content (AvgIpc) is 2.03. The number of hydrogen-bond donors (Lipinski definition) is 3. The maximum absolute atomic E-state index is 9.32. The Morgan fingerprint density at radius 3 is 2.54 bits per heavy atom. The van der Waals surface area contributed by atoms with Crippen LogP contribution in [-0.2, 0) is 0 Å². The molecule has 0 heterocycles. The summed E-state index contributed by atoms with van der Waals surface area (Å²) in [4.78, 5) is 0. The van der Waals surface area contributed by atoms with Crippen LogP contribution < -0.4 is 11.5 Å². The highest BCUT2D eigenvalue weighted by Gasteiger charge is 2.17. The molecule has 13 heavy (non-hydrogen) atoms. The van der Waals surface area contributed by atoms with Gasteiger partial charge in [0.1, 0.15) is 0 Å². The Hall–Kier alpha value is -0.580. The van der Waals surface area contributed by atoms with E-state index in [4.69, 9.17) is 11.5 Å². The van der Waals surface area contributed by atoms with E-state index in [1.807, 2.05) is 12.1 Å². The molecule has 0 saturated heterocycles. The SMILES string of the molecule is CC(O)[C@@H](N)c1c(N)cccc1Br. The lowest BCUT2D eigenvalue weighted by Gasteiger charge is -2.18. The molecule has 72 valence electrons. The molecule has 1 aromatic rings. The summed E-state index contributed by atoms with van der Waals surface area (Å²) in [5.41, 5.74) is 12.9. The molecular weight excluding hydrogens is 232 g/mol. The third-order valence-corrected chi connectivity index (χ3v) is 2.63. The van der Waals surface area contributed by atoms with E-state index in [0.29, 0.717) is 5.69 Å². The minimum Gasteiger partial charge on any atom is -0.398 e. The van der Waals surface area contributed by atoms with Crippen LogP contribution in [0.4, 0.5) is 5.69 Å². The Morgan fingerprint density at radius 2 is 2.08 bits per heavy atom. The largest absolute Gasteiger partial charge is 0.398 e. The molecule has 1 unspecified atom stereocenters. The van der Waals surface area contributed by atoms with Crippen LogP contribution >= 0.6 is 15.9 Å². The summed E-state index contributed by atoms with van der Waals surface area (Å²) in [6.07, 6.45) is -0.610. The average molecular weight is 245 g/mol. The molecule has 0 aliphatic carbocycles. The number of aliphatic hydroxyl groups excluding tert-OH is 1.